The predicted molar refractivity (Wildman–Crippen MR) is 244 cm³/mol. The van der Waals surface area contributed by atoms with E-state index < -0.39 is 24.2 Å². The Morgan fingerprint density at radius 3 is 2.14 bits per heavy atom. The smallest absolute Gasteiger partial charge is 0.407 e. The van der Waals surface area contributed by atoms with E-state index in [2.05, 4.69) is 44.0 Å². The van der Waals surface area contributed by atoms with E-state index in [1.807, 2.05) is 92.7 Å². The van der Waals surface area contributed by atoms with Gasteiger partial charge in [0.25, 0.3) is 5.91 Å². The van der Waals surface area contributed by atoms with Crippen LogP contribution in [0.25, 0.3) is 33.6 Å². The summed E-state index contributed by atoms with van der Waals surface area (Å²) in [6.07, 6.45) is 7.56. The van der Waals surface area contributed by atoms with E-state index in [1.54, 1.807) is 35.4 Å². The first kappa shape index (κ1) is 45.1. The molecule has 1 unspecified atom stereocenters. The third-order valence-corrected chi connectivity index (χ3v) is 11.8. The molecule has 2 aliphatic rings. The number of nitrogens with one attached hydrogen (secondary N) is 4. The fourth-order valence-corrected chi connectivity index (χ4v) is 7.75. The van der Waals surface area contributed by atoms with Gasteiger partial charge < -0.3 is 39.9 Å². The molecule has 3 aromatic carbocycles. The van der Waals surface area contributed by atoms with Crippen molar-refractivity contribution >= 4 is 23.8 Å². The molecule has 5 aromatic rings. The normalized spacial score (nSPS) is 17.0. The van der Waals surface area contributed by atoms with Gasteiger partial charge in [-0.1, -0.05) is 117 Å². The van der Waals surface area contributed by atoms with E-state index in [1.165, 1.54) is 7.11 Å². The van der Waals surface area contributed by atoms with E-state index in [0.717, 1.165) is 46.5 Å². The van der Waals surface area contributed by atoms with Gasteiger partial charge in [-0.05, 0) is 53.0 Å². The third kappa shape index (κ3) is 10.8. The molecule has 5 atom stereocenters. The van der Waals surface area contributed by atoms with Gasteiger partial charge in [-0.25, -0.2) is 14.8 Å². The van der Waals surface area contributed by atoms with Crippen molar-refractivity contribution in [1.29, 1.82) is 0 Å². The minimum Gasteiger partial charge on any atom is -0.453 e. The standard InChI is InChI=1S/C50H56N8O6/c1-6-8-26-57(48(60)44(32(3)7-2)56-50(62)64-5)30-43-51-27-40(53-43)36-19-15-34(16-20-36)35-17-21-37(22-18-35)41-28-52-46(54-41)42-25-14-33(31-63-4)29-58(42)49(61)45(38-12-10-9-11-13-38)55-47(59)39-23-24-39/h6,9-13,15-22,27-28,32-33,39,42,44-45H,1,7-8,23-24,26,29-31H2,2-5H3,(H,51,53)(H,52,54)(H,55,59)(H,56,62)/t32-,33-,42-,44?,45+/m0/s1. The van der Waals surface area contributed by atoms with Gasteiger partial charge in [-0.15, -0.1) is 6.58 Å². The maximum atomic E-state index is 14.5. The van der Waals surface area contributed by atoms with Crippen LogP contribution in [0.2, 0.25) is 0 Å². The molecular weight excluding hydrogens is 809 g/mol. The summed E-state index contributed by atoms with van der Waals surface area (Å²) in [5, 5.41) is 5.75. The Bertz CT molecular complexity index is 2470. The minimum absolute atomic E-state index is 0.0593. The molecule has 1 aliphatic heterocycles. The van der Waals surface area contributed by atoms with Crippen LogP contribution in [0.3, 0.4) is 0 Å². The Morgan fingerprint density at radius 2 is 1.53 bits per heavy atom. The van der Waals surface area contributed by atoms with Crippen LogP contribution in [-0.2, 0) is 30.4 Å². The fraction of sp³-hybridized carbons (Fsp3) is 0.360. The maximum absolute atomic E-state index is 14.5. The number of hydrogen-bond acceptors (Lipinski definition) is 8. The Hall–Kier alpha value is -6.98. The molecule has 1 saturated carbocycles. The molecule has 14 nitrogen and oxygen atoms in total. The average molecular weight is 865 g/mol. The zero-order chi connectivity index (χ0) is 45.2. The van der Waals surface area contributed by atoms with Gasteiger partial charge in [0.1, 0.15) is 23.7 Å². The number of aromatic nitrogens is 4. The van der Waals surface area contributed by atoms with Crippen molar-refractivity contribution in [2.45, 2.75) is 64.2 Å². The lowest BCUT2D eigenvalue weighted by atomic mass is 9.98. The van der Waals surface area contributed by atoms with E-state index in [0.29, 0.717) is 49.8 Å². The van der Waals surface area contributed by atoms with Crippen molar-refractivity contribution in [3.63, 3.8) is 0 Å². The predicted octanol–water partition coefficient (Wildman–Crippen LogP) is 7.23. The number of alkyl carbamates (subject to hydrolysis) is 1. The summed E-state index contributed by atoms with van der Waals surface area (Å²) in [4.78, 5) is 72.8. The van der Waals surface area contributed by atoms with Crippen molar-refractivity contribution in [3.05, 3.63) is 121 Å². The van der Waals surface area contributed by atoms with E-state index >= 15 is 0 Å². The molecule has 3 heterocycles. The molecule has 64 heavy (non-hydrogen) atoms. The van der Waals surface area contributed by atoms with Crippen LogP contribution >= 0.6 is 0 Å². The summed E-state index contributed by atoms with van der Waals surface area (Å²) in [6, 6.07) is 23.4. The largest absolute Gasteiger partial charge is 0.453 e. The van der Waals surface area contributed by atoms with Gasteiger partial charge in [-0.2, -0.15) is 0 Å². The van der Waals surface area contributed by atoms with Gasteiger partial charge in [-0.3, -0.25) is 14.4 Å². The highest BCUT2D eigenvalue weighted by Crippen LogP contribution is 2.33. The minimum atomic E-state index is -0.861. The summed E-state index contributed by atoms with van der Waals surface area (Å²) >= 11 is 0. The van der Waals surface area contributed by atoms with Gasteiger partial charge in [0.2, 0.25) is 11.8 Å². The number of aromatic amines is 2. The quantitative estimate of drug-likeness (QED) is 0.0497. The number of benzene rings is 3. The second-order valence-electron chi connectivity index (χ2n) is 16.4. The number of rotatable bonds is 19. The average Bonchev–Trinajstić information content (AvgIpc) is 3.89. The third-order valence-electron chi connectivity index (χ3n) is 11.8. The summed E-state index contributed by atoms with van der Waals surface area (Å²) in [6.45, 7) is 9.07. The maximum Gasteiger partial charge on any atom is 0.407 e. The number of H-pyrrole nitrogens is 2. The molecule has 0 bridgehead atoms. The van der Waals surface area contributed by atoms with Gasteiger partial charge in [0.05, 0.1) is 50.0 Å². The Kier molecular flexibility index (Phi) is 14.7. The number of carbonyl (C=O) groups excluding carboxylic acids is 4. The number of hydrogen-bond donors (Lipinski definition) is 4. The number of imidazole rings is 2. The lowest BCUT2D eigenvalue weighted by Crippen LogP contribution is -2.51. The molecule has 1 aliphatic carbocycles. The second kappa shape index (κ2) is 20.9. The first-order valence-electron chi connectivity index (χ1n) is 21.8. The highest BCUT2D eigenvalue weighted by atomic mass is 16.5. The second-order valence-corrected chi connectivity index (χ2v) is 16.4. The van der Waals surface area contributed by atoms with Crippen LogP contribution in [0.15, 0.2) is 104 Å². The molecule has 1 fully saturated rings. The molecule has 2 aromatic heterocycles. The van der Waals surface area contributed by atoms with Crippen molar-refractivity contribution in [2.24, 2.45) is 17.8 Å². The van der Waals surface area contributed by atoms with Crippen LogP contribution in [0.4, 0.5) is 4.79 Å². The van der Waals surface area contributed by atoms with Crippen LogP contribution in [0, 0.1) is 29.6 Å². The van der Waals surface area contributed by atoms with Crippen molar-refractivity contribution < 1.29 is 28.7 Å². The number of carbonyl (C=O) groups is 4. The van der Waals surface area contributed by atoms with Crippen molar-refractivity contribution in [3.8, 4) is 45.5 Å². The number of nitrogens with zero attached hydrogens (tertiary/aromatic N) is 4. The van der Waals surface area contributed by atoms with E-state index in [9.17, 15) is 19.2 Å². The van der Waals surface area contributed by atoms with Crippen LogP contribution in [0.5, 0.6) is 0 Å². The van der Waals surface area contributed by atoms with Crippen LogP contribution in [0.1, 0.15) is 68.8 Å². The number of amides is 4. The lowest BCUT2D eigenvalue weighted by Gasteiger charge is -2.35. The molecule has 7 rings (SSSR count). The fourth-order valence-electron chi connectivity index (χ4n) is 7.75. The molecule has 14 heteroatoms. The highest BCUT2D eigenvalue weighted by Gasteiger charge is 2.39. The summed E-state index contributed by atoms with van der Waals surface area (Å²) in [5.74, 6) is 6.78. The lowest BCUT2D eigenvalue weighted by molar-refractivity contribution is -0.139. The van der Waals surface area contributed by atoms with Crippen LogP contribution in [-0.4, -0.2) is 93.5 Å². The summed E-state index contributed by atoms with van der Waals surface area (Å²) in [5.41, 5.74) is 6.20. The topological polar surface area (TPSA) is 175 Å². The number of methoxy groups -OCH3 is 2. The van der Waals surface area contributed by atoms with Gasteiger partial charge in [0.15, 0.2) is 6.04 Å². The van der Waals surface area contributed by atoms with Crippen molar-refractivity contribution in [1.82, 2.24) is 40.4 Å². The SMILES string of the molecule is C=CCCN(Cc1ncc(-c2ccc(-c3ccc(-c4cnc([C@@H]5C#C[C@H](COC)CN5C(=O)[C@H](NC(=O)C5CC5)c5ccccc5)[nH]4)cc3)cc2)[nH]1)C(=O)C(NC(=O)OC)[C@@H](C)CC. The first-order chi connectivity index (χ1) is 31.1. The summed E-state index contributed by atoms with van der Waals surface area (Å²) < 4.78 is 10.2. The Balaban J connectivity index is 1.04. The monoisotopic (exact) mass is 864 g/mol. The Labute approximate surface area is 374 Å². The highest BCUT2D eigenvalue weighted by molar-refractivity contribution is 5.91. The molecule has 0 radical (unpaired) electrons. The first-order valence-corrected chi connectivity index (χ1v) is 21.8. The number of ether oxygens (including phenoxy) is 2. The molecule has 0 saturated heterocycles. The Morgan fingerprint density at radius 1 is 0.891 bits per heavy atom. The molecule has 4 amide bonds. The van der Waals surface area contributed by atoms with E-state index in [4.69, 9.17) is 14.5 Å². The molecule has 0 spiro atoms. The zero-order valence-electron chi connectivity index (χ0n) is 36.8. The molecule has 4 N–H and O–H groups in total. The van der Waals surface area contributed by atoms with Gasteiger partial charge >= 0.3 is 6.09 Å². The molecular formula is C50H56N8O6. The van der Waals surface area contributed by atoms with Crippen LogP contribution < -0.4 is 10.6 Å². The van der Waals surface area contributed by atoms with E-state index in [-0.39, 0.29) is 42.0 Å². The summed E-state index contributed by atoms with van der Waals surface area (Å²) in [7, 11) is 2.90. The van der Waals surface area contributed by atoms with Gasteiger partial charge in [0, 0.05) is 26.1 Å². The molecule has 332 valence electrons. The van der Waals surface area contributed by atoms with Crippen molar-refractivity contribution in [2.75, 3.05) is 33.9 Å². The zero-order valence-corrected chi connectivity index (χ0v) is 36.8.